The lowest BCUT2D eigenvalue weighted by Gasteiger charge is -2.01. The van der Waals surface area contributed by atoms with Crippen LogP contribution in [0.5, 0.6) is 0 Å². The van der Waals surface area contributed by atoms with Gasteiger partial charge in [0.05, 0.1) is 16.2 Å². The Hall–Kier alpha value is -1.10. The summed E-state index contributed by atoms with van der Waals surface area (Å²) >= 11 is 13.0. The molecule has 1 aromatic carbocycles. The van der Waals surface area contributed by atoms with E-state index in [1.54, 1.807) is 18.2 Å². The van der Waals surface area contributed by atoms with E-state index in [1.165, 1.54) is 6.20 Å². The number of carbonyl (C=O) groups is 1. The quantitative estimate of drug-likeness (QED) is 0.905. The monoisotopic (exact) mass is 273 g/mol. The zero-order valence-electron chi connectivity index (χ0n) is 7.78. The van der Waals surface area contributed by atoms with Gasteiger partial charge >= 0.3 is 5.97 Å². The number of carboxylic acid groups (broad SMARTS) is 1. The topological polar surface area (TPSA) is 50.2 Å². The van der Waals surface area contributed by atoms with Crippen LogP contribution >= 0.6 is 34.5 Å². The van der Waals surface area contributed by atoms with Gasteiger partial charge in [0.25, 0.3) is 0 Å². The molecule has 0 saturated heterocycles. The fourth-order valence-corrected chi connectivity index (χ4v) is 2.71. The Labute approximate surface area is 105 Å². The van der Waals surface area contributed by atoms with Gasteiger partial charge in [0.1, 0.15) is 9.88 Å². The van der Waals surface area contributed by atoms with Crippen LogP contribution in [0.2, 0.25) is 10.0 Å². The van der Waals surface area contributed by atoms with Crippen LogP contribution in [0.15, 0.2) is 24.4 Å². The van der Waals surface area contributed by atoms with Gasteiger partial charge in [0.2, 0.25) is 0 Å². The Morgan fingerprint density at radius 3 is 2.44 bits per heavy atom. The summed E-state index contributed by atoms with van der Waals surface area (Å²) in [7, 11) is 0. The van der Waals surface area contributed by atoms with Gasteiger partial charge in [-0.05, 0) is 12.1 Å². The number of benzene rings is 1. The number of hydrogen-bond donors (Lipinski definition) is 1. The number of thiazole rings is 1. The van der Waals surface area contributed by atoms with Crippen LogP contribution < -0.4 is 0 Å². The average molecular weight is 274 g/mol. The maximum atomic E-state index is 10.7. The molecule has 6 heteroatoms. The first-order chi connectivity index (χ1) is 7.59. The molecule has 82 valence electrons. The minimum Gasteiger partial charge on any atom is -0.477 e. The van der Waals surface area contributed by atoms with Crippen LogP contribution in [0.4, 0.5) is 0 Å². The van der Waals surface area contributed by atoms with Crippen molar-refractivity contribution in [2.75, 3.05) is 0 Å². The second-order valence-corrected chi connectivity index (χ2v) is 4.78. The molecule has 1 N–H and O–H groups in total. The molecule has 0 amide bonds. The highest BCUT2D eigenvalue weighted by Crippen LogP contribution is 2.36. The molecule has 1 aromatic heterocycles. The van der Waals surface area contributed by atoms with E-state index < -0.39 is 5.97 Å². The third-order valence-corrected chi connectivity index (χ3v) is 3.53. The summed E-state index contributed by atoms with van der Waals surface area (Å²) in [5.74, 6) is -1.01. The van der Waals surface area contributed by atoms with E-state index in [9.17, 15) is 4.79 Å². The highest BCUT2D eigenvalue weighted by Gasteiger charge is 2.14. The average Bonchev–Trinajstić information content (AvgIpc) is 2.66. The summed E-state index contributed by atoms with van der Waals surface area (Å²) in [6.45, 7) is 0. The summed E-state index contributed by atoms with van der Waals surface area (Å²) < 4.78 is 0. The van der Waals surface area contributed by atoms with E-state index in [0.717, 1.165) is 11.3 Å². The second kappa shape index (κ2) is 4.41. The van der Waals surface area contributed by atoms with Crippen LogP contribution in [0.1, 0.15) is 9.67 Å². The molecule has 0 aliphatic carbocycles. The molecule has 0 saturated carbocycles. The van der Waals surface area contributed by atoms with Crippen molar-refractivity contribution < 1.29 is 9.90 Å². The standard InChI is InChI=1S/C10H5Cl2NO2S/c11-5-2-1-3-6(12)8(5)9-13-4-7(16-9)10(14)15/h1-4H,(H,14,15). The zero-order chi connectivity index (χ0) is 11.7. The molecule has 0 spiro atoms. The Bertz CT molecular complexity index is 533. The lowest BCUT2D eigenvalue weighted by atomic mass is 10.2. The third kappa shape index (κ3) is 2.04. The lowest BCUT2D eigenvalue weighted by molar-refractivity contribution is 0.0702. The van der Waals surface area contributed by atoms with E-state index >= 15 is 0 Å². The van der Waals surface area contributed by atoms with Gasteiger partial charge < -0.3 is 5.11 Å². The van der Waals surface area contributed by atoms with Gasteiger partial charge in [-0.15, -0.1) is 11.3 Å². The predicted octanol–water partition coefficient (Wildman–Crippen LogP) is 3.82. The lowest BCUT2D eigenvalue weighted by Crippen LogP contribution is -1.89. The van der Waals surface area contributed by atoms with Gasteiger partial charge in [-0.25, -0.2) is 9.78 Å². The van der Waals surface area contributed by atoms with Crippen LogP contribution in [-0.2, 0) is 0 Å². The van der Waals surface area contributed by atoms with Crippen molar-refractivity contribution in [3.63, 3.8) is 0 Å². The minimum atomic E-state index is -1.01. The molecule has 0 bridgehead atoms. The van der Waals surface area contributed by atoms with Crippen molar-refractivity contribution >= 4 is 40.5 Å². The minimum absolute atomic E-state index is 0.158. The van der Waals surface area contributed by atoms with Gasteiger partial charge in [0, 0.05) is 5.56 Å². The zero-order valence-corrected chi connectivity index (χ0v) is 10.1. The van der Waals surface area contributed by atoms with E-state index in [0.29, 0.717) is 20.6 Å². The van der Waals surface area contributed by atoms with E-state index in [-0.39, 0.29) is 4.88 Å². The fraction of sp³-hybridized carbons (Fsp3) is 0. The number of hydrogen-bond acceptors (Lipinski definition) is 3. The van der Waals surface area contributed by atoms with Crippen molar-refractivity contribution in [1.29, 1.82) is 0 Å². The Kier molecular flexibility index (Phi) is 3.14. The highest BCUT2D eigenvalue weighted by atomic mass is 35.5. The molecular formula is C10H5Cl2NO2S. The van der Waals surface area contributed by atoms with Gasteiger partial charge in [-0.1, -0.05) is 29.3 Å². The van der Waals surface area contributed by atoms with Crippen molar-refractivity contribution in [3.8, 4) is 10.6 Å². The summed E-state index contributed by atoms with van der Waals surface area (Å²) in [6.07, 6.45) is 1.29. The second-order valence-electron chi connectivity index (χ2n) is 2.93. The predicted molar refractivity (Wildman–Crippen MR) is 64.5 cm³/mol. The van der Waals surface area contributed by atoms with Crippen LogP contribution in [0.25, 0.3) is 10.6 Å². The summed E-state index contributed by atoms with van der Waals surface area (Å²) in [5, 5.41) is 10.2. The number of aromatic nitrogens is 1. The first-order valence-corrected chi connectivity index (χ1v) is 5.80. The fourth-order valence-electron chi connectivity index (χ4n) is 1.19. The maximum Gasteiger partial charge on any atom is 0.347 e. The molecule has 0 fully saturated rings. The normalized spacial score (nSPS) is 10.4. The molecule has 3 nitrogen and oxygen atoms in total. The Morgan fingerprint density at radius 1 is 1.31 bits per heavy atom. The van der Waals surface area contributed by atoms with E-state index in [1.807, 2.05) is 0 Å². The van der Waals surface area contributed by atoms with Crippen molar-refractivity contribution in [3.05, 3.63) is 39.3 Å². The van der Waals surface area contributed by atoms with Crippen molar-refractivity contribution in [2.45, 2.75) is 0 Å². The molecule has 0 aliphatic heterocycles. The highest BCUT2D eigenvalue weighted by molar-refractivity contribution is 7.17. The van der Waals surface area contributed by atoms with Crippen molar-refractivity contribution in [2.24, 2.45) is 0 Å². The van der Waals surface area contributed by atoms with Crippen LogP contribution in [0.3, 0.4) is 0 Å². The smallest absolute Gasteiger partial charge is 0.347 e. The SMILES string of the molecule is O=C(O)c1cnc(-c2c(Cl)cccc2Cl)s1. The van der Waals surface area contributed by atoms with Gasteiger partial charge in [-0.3, -0.25) is 0 Å². The summed E-state index contributed by atoms with van der Waals surface area (Å²) in [6, 6.07) is 5.09. The molecule has 0 atom stereocenters. The molecule has 1 heterocycles. The summed E-state index contributed by atoms with van der Waals surface area (Å²) in [5.41, 5.74) is 0.573. The Morgan fingerprint density at radius 2 is 1.94 bits per heavy atom. The number of nitrogens with zero attached hydrogens (tertiary/aromatic N) is 1. The summed E-state index contributed by atoms with van der Waals surface area (Å²) in [4.78, 5) is 14.9. The molecule has 0 radical (unpaired) electrons. The number of halogens is 2. The first kappa shape index (κ1) is 11.4. The number of rotatable bonds is 2. The molecule has 0 unspecified atom stereocenters. The molecule has 2 rings (SSSR count). The van der Waals surface area contributed by atoms with Crippen molar-refractivity contribution in [1.82, 2.24) is 4.98 Å². The van der Waals surface area contributed by atoms with E-state index in [4.69, 9.17) is 28.3 Å². The third-order valence-electron chi connectivity index (χ3n) is 1.89. The van der Waals surface area contributed by atoms with E-state index in [2.05, 4.69) is 4.98 Å². The van der Waals surface area contributed by atoms with Gasteiger partial charge in [0.15, 0.2) is 0 Å². The van der Waals surface area contributed by atoms with Crippen LogP contribution in [-0.4, -0.2) is 16.1 Å². The number of carboxylic acids is 1. The first-order valence-electron chi connectivity index (χ1n) is 4.23. The molecular weight excluding hydrogens is 269 g/mol. The maximum absolute atomic E-state index is 10.7. The number of aromatic carboxylic acids is 1. The largest absolute Gasteiger partial charge is 0.477 e. The molecule has 16 heavy (non-hydrogen) atoms. The van der Waals surface area contributed by atoms with Gasteiger partial charge in [-0.2, -0.15) is 0 Å². The Balaban J connectivity index is 2.54. The molecule has 0 aliphatic rings. The van der Waals surface area contributed by atoms with Crippen LogP contribution in [0, 0.1) is 0 Å². The molecule has 2 aromatic rings.